The lowest BCUT2D eigenvalue weighted by Gasteiger charge is -2.33. The predicted octanol–water partition coefficient (Wildman–Crippen LogP) is 5.74. The molecular weight excluding hydrogens is 657 g/mol. The first kappa shape index (κ1) is 30.7. The summed E-state index contributed by atoms with van der Waals surface area (Å²) in [5, 5.41) is 11.7. The zero-order chi connectivity index (χ0) is 31.7. The number of fused-ring (bicyclic) bond motifs is 1. The topological polar surface area (TPSA) is 140 Å². The Hall–Kier alpha value is -4.35. The highest BCUT2D eigenvalue weighted by Crippen LogP contribution is 2.43. The molecule has 1 aliphatic heterocycles. The second kappa shape index (κ2) is 12.6. The highest BCUT2D eigenvalue weighted by Gasteiger charge is 2.25. The van der Waals surface area contributed by atoms with Gasteiger partial charge in [0, 0.05) is 73.7 Å². The second-order valence-electron chi connectivity index (χ2n) is 11.3. The van der Waals surface area contributed by atoms with Gasteiger partial charge < -0.3 is 29.6 Å². The van der Waals surface area contributed by atoms with Crippen molar-refractivity contribution in [2.45, 2.75) is 12.8 Å². The average molecular weight is 691 g/mol. The molecule has 5 aromatic rings. The zero-order valence-electron chi connectivity index (χ0n) is 25.4. The fraction of sp³-hybridized carbons (Fsp3) is 0.290. The third-order valence-electron chi connectivity index (χ3n) is 7.80. The van der Waals surface area contributed by atoms with Crippen molar-refractivity contribution in [1.82, 2.24) is 29.7 Å². The van der Waals surface area contributed by atoms with Crippen LogP contribution in [-0.4, -0.2) is 69.5 Å². The quantitative estimate of drug-likeness (QED) is 0.145. The lowest BCUT2D eigenvalue weighted by atomic mass is 9.96. The van der Waals surface area contributed by atoms with Crippen LogP contribution in [-0.2, 0) is 16.4 Å². The van der Waals surface area contributed by atoms with Crippen LogP contribution in [0.3, 0.4) is 0 Å². The van der Waals surface area contributed by atoms with Gasteiger partial charge in [0.25, 0.3) is 0 Å². The molecule has 6 rings (SSSR count). The van der Waals surface area contributed by atoms with Crippen molar-refractivity contribution in [1.29, 1.82) is 0 Å². The summed E-state index contributed by atoms with van der Waals surface area (Å²) in [4.78, 5) is 31.8. The molecule has 1 saturated heterocycles. The van der Waals surface area contributed by atoms with Gasteiger partial charge in [0.15, 0.2) is 0 Å². The monoisotopic (exact) mass is 689 g/mol. The molecule has 1 aliphatic rings. The maximum atomic E-state index is 13.4. The summed E-state index contributed by atoms with van der Waals surface area (Å²) < 4.78 is 21.7. The Morgan fingerprint density at radius 1 is 1.04 bits per heavy atom. The van der Waals surface area contributed by atoms with Crippen LogP contribution in [0.2, 0.25) is 0 Å². The number of nitrogens with one attached hydrogen (secondary N) is 2. The number of anilines is 5. The Kier molecular flexibility index (Phi) is 8.56. The van der Waals surface area contributed by atoms with E-state index in [0.717, 1.165) is 49.0 Å². The zero-order valence-corrected chi connectivity index (χ0v) is 27.8. The van der Waals surface area contributed by atoms with Crippen LogP contribution >= 0.6 is 23.1 Å². The minimum atomic E-state index is -2.77. The number of rotatable bonds is 9. The number of halogens is 1. The molecule has 0 spiro atoms. The van der Waals surface area contributed by atoms with Gasteiger partial charge in [-0.2, -0.15) is 10.1 Å². The highest BCUT2D eigenvalue weighted by atomic mass is 79.9. The van der Waals surface area contributed by atoms with Gasteiger partial charge in [0.05, 0.1) is 40.0 Å². The first-order valence-electron chi connectivity index (χ1n) is 14.4. The SMILES string of the molecule is COc1cc(N2CCC(C=O)CC2)c(-c2cnn(C)c2)cc1Nc1ncc(Br)c(Nc2ccc3nccnc3c2P(C)(C)=O)n1. The van der Waals surface area contributed by atoms with Crippen LogP contribution < -0.4 is 25.6 Å². The molecular formula is C31H33BrN9O3P. The van der Waals surface area contributed by atoms with Crippen LogP contribution in [0.5, 0.6) is 5.75 Å². The summed E-state index contributed by atoms with van der Waals surface area (Å²) in [6.45, 7) is 4.96. The number of piperidine rings is 1. The van der Waals surface area contributed by atoms with Crippen molar-refractivity contribution in [2.24, 2.45) is 13.0 Å². The van der Waals surface area contributed by atoms with Gasteiger partial charge in [-0.1, -0.05) is 0 Å². The van der Waals surface area contributed by atoms with E-state index in [1.807, 2.05) is 43.7 Å². The number of hydrogen-bond acceptors (Lipinski definition) is 11. The van der Waals surface area contributed by atoms with E-state index in [4.69, 9.17) is 9.72 Å². The van der Waals surface area contributed by atoms with E-state index >= 15 is 0 Å². The molecule has 45 heavy (non-hydrogen) atoms. The van der Waals surface area contributed by atoms with Gasteiger partial charge in [-0.25, -0.2) is 4.98 Å². The van der Waals surface area contributed by atoms with Crippen LogP contribution in [0, 0.1) is 5.92 Å². The number of aryl methyl sites for hydroxylation is 1. The fourth-order valence-corrected chi connectivity index (χ4v) is 7.28. The number of carbonyl (C=O) groups is 1. The normalized spacial score (nSPS) is 14.0. The lowest BCUT2D eigenvalue weighted by molar-refractivity contribution is -0.111. The van der Waals surface area contributed by atoms with E-state index in [0.29, 0.717) is 49.7 Å². The van der Waals surface area contributed by atoms with Crippen LogP contribution in [0.4, 0.5) is 28.8 Å². The number of aromatic nitrogens is 6. The summed E-state index contributed by atoms with van der Waals surface area (Å²) in [5.74, 6) is 1.51. The molecule has 12 nitrogen and oxygen atoms in total. The number of nitrogens with zero attached hydrogens (tertiary/aromatic N) is 7. The molecule has 0 atom stereocenters. The molecule has 4 heterocycles. The number of benzene rings is 2. The first-order valence-corrected chi connectivity index (χ1v) is 17.8. The summed E-state index contributed by atoms with van der Waals surface area (Å²) in [7, 11) is 0.739. The third kappa shape index (κ3) is 6.41. The maximum absolute atomic E-state index is 13.4. The summed E-state index contributed by atoms with van der Waals surface area (Å²) >= 11 is 3.56. The van der Waals surface area contributed by atoms with E-state index in [-0.39, 0.29) is 5.92 Å². The Bertz CT molecular complexity index is 1940. The molecule has 1 fully saturated rings. The molecule has 2 N–H and O–H groups in total. The van der Waals surface area contributed by atoms with Crippen LogP contribution in [0.15, 0.2) is 59.7 Å². The van der Waals surface area contributed by atoms with Gasteiger partial charge in [-0.05, 0) is 60.3 Å². The molecule has 0 amide bonds. The Balaban J connectivity index is 1.37. The summed E-state index contributed by atoms with van der Waals surface area (Å²) in [6.07, 6.45) is 11.3. The van der Waals surface area contributed by atoms with E-state index in [9.17, 15) is 9.36 Å². The largest absolute Gasteiger partial charge is 0.494 e. The van der Waals surface area contributed by atoms with Crippen molar-refractivity contribution >= 4 is 74.5 Å². The lowest BCUT2D eigenvalue weighted by Crippen LogP contribution is -2.34. The smallest absolute Gasteiger partial charge is 0.229 e. The Morgan fingerprint density at radius 3 is 2.51 bits per heavy atom. The van der Waals surface area contributed by atoms with Crippen molar-refractivity contribution in [3.8, 4) is 16.9 Å². The number of carbonyl (C=O) groups excluding carboxylic acids is 1. The van der Waals surface area contributed by atoms with Gasteiger partial charge >= 0.3 is 0 Å². The van der Waals surface area contributed by atoms with Crippen molar-refractivity contribution in [3.63, 3.8) is 0 Å². The second-order valence-corrected chi connectivity index (χ2v) is 15.3. The number of hydrogen-bond donors (Lipinski definition) is 2. The van der Waals surface area contributed by atoms with Crippen molar-refractivity contribution in [3.05, 3.63) is 59.7 Å². The third-order valence-corrected chi connectivity index (χ3v) is 9.91. The van der Waals surface area contributed by atoms with Crippen LogP contribution in [0.25, 0.3) is 22.2 Å². The maximum Gasteiger partial charge on any atom is 0.229 e. The van der Waals surface area contributed by atoms with Gasteiger partial charge in [-0.3, -0.25) is 14.6 Å². The Morgan fingerprint density at radius 2 is 1.82 bits per heavy atom. The minimum absolute atomic E-state index is 0.0866. The van der Waals surface area contributed by atoms with Gasteiger partial charge in [0.2, 0.25) is 5.95 Å². The molecule has 0 radical (unpaired) electrons. The molecule has 0 aliphatic carbocycles. The number of ether oxygens (including phenoxy) is 1. The van der Waals surface area contributed by atoms with E-state index in [1.54, 1.807) is 43.7 Å². The molecule has 14 heteroatoms. The average Bonchev–Trinajstić information content (AvgIpc) is 3.47. The van der Waals surface area contributed by atoms with E-state index < -0.39 is 7.14 Å². The standard InChI is InChI=1S/C31H33BrN9O3P/c1-40-17-20(15-36-40)21-13-25(27(44-2)14-26(21)41-11-7-19(18-42)8-12-41)38-31-35-16-22(32)30(39-31)37-24-6-5-23-28(34-10-9-33-23)29(24)45(3,4)43/h5-6,9-10,13-19H,7-8,11-12H2,1-4H3,(H2,35,37,38,39). The number of aldehydes is 1. The molecule has 0 saturated carbocycles. The molecule has 232 valence electrons. The Labute approximate surface area is 269 Å². The van der Waals surface area contributed by atoms with E-state index in [2.05, 4.69) is 51.5 Å². The van der Waals surface area contributed by atoms with Crippen molar-refractivity contribution < 1.29 is 14.1 Å². The molecule has 0 unspecified atom stereocenters. The number of methoxy groups -OCH3 is 1. The molecule has 3 aromatic heterocycles. The van der Waals surface area contributed by atoms with Gasteiger partial charge in [0.1, 0.15) is 30.5 Å². The molecule has 2 aromatic carbocycles. The summed E-state index contributed by atoms with van der Waals surface area (Å²) in [6, 6.07) is 7.70. The first-order chi connectivity index (χ1) is 21.6. The minimum Gasteiger partial charge on any atom is -0.494 e. The molecule has 0 bridgehead atoms. The van der Waals surface area contributed by atoms with Crippen LogP contribution in [0.1, 0.15) is 12.8 Å². The summed E-state index contributed by atoms with van der Waals surface area (Å²) in [5.41, 5.74) is 5.47. The van der Waals surface area contributed by atoms with Gasteiger partial charge in [-0.15, -0.1) is 0 Å². The fourth-order valence-electron chi connectivity index (χ4n) is 5.60. The van der Waals surface area contributed by atoms with E-state index in [1.165, 1.54) is 0 Å². The highest BCUT2D eigenvalue weighted by molar-refractivity contribution is 9.10. The van der Waals surface area contributed by atoms with Crippen molar-refractivity contribution in [2.75, 3.05) is 49.1 Å². The predicted molar refractivity (Wildman–Crippen MR) is 181 cm³/mol.